The Kier molecular flexibility index (Phi) is 0.837. The number of hydrogen-bond donors (Lipinski definition) is 1. The van der Waals surface area contributed by atoms with E-state index in [1.807, 2.05) is 0 Å². The zero-order valence-electron chi connectivity index (χ0n) is 4.11. The van der Waals surface area contributed by atoms with Gasteiger partial charge < -0.3 is 5.32 Å². The van der Waals surface area contributed by atoms with Gasteiger partial charge in [-0.15, -0.1) is 0 Å². The van der Waals surface area contributed by atoms with E-state index in [-0.39, 0.29) is 0 Å². The van der Waals surface area contributed by atoms with Gasteiger partial charge in [0, 0.05) is 23.6 Å². The number of thioether (sulfide) groups is 1. The minimum Gasteiger partial charge on any atom is -0.305 e. The molecular weight excluding hydrogens is 106 g/mol. The van der Waals surface area contributed by atoms with Gasteiger partial charge in [0.15, 0.2) is 0 Å². The third kappa shape index (κ3) is 0.572. The summed E-state index contributed by atoms with van der Waals surface area (Å²) in [6.07, 6.45) is 1.37. The highest BCUT2D eigenvalue weighted by Gasteiger charge is 2.32. The second-order valence-corrected chi connectivity index (χ2v) is 3.19. The molecule has 3 rings (SSSR count). The fourth-order valence-corrected chi connectivity index (χ4v) is 2.14. The lowest BCUT2D eigenvalue weighted by atomic mass is 10.00. The highest BCUT2D eigenvalue weighted by molar-refractivity contribution is 7.99. The van der Waals surface area contributed by atoms with Gasteiger partial charge in [0.05, 0.1) is 0 Å². The number of nitrogens with one attached hydrogen (secondary N) is 1. The topological polar surface area (TPSA) is 12.0 Å². The van der Waals surface area contributed by atoms with Crippen molar-refractivity contribution in [3.8, 4) is 0 Å². The molecule has 2 bridgehead atoms. The lowest BCUT2D eigenvalue weighted by molar-refractivity contribution is 0.400. The molecule has 0 aromatic rings. The fourth-order valence-electron chi connectivity index (χ4n) is 1.09. The van der Waals surface area contributed by atoms with E-state index in [4.69, 9.17) is 0 Å². The maximum Gasteiger partial charge on any atom is 0.0482 e. The van der Waals surface area contributed by atoms with Crippen molar-refractivity contribution >= 4 is 11.8 Å². The molecule has 2 heteroatoms. The van der Waals surface area contributed by atoms with E-state index >= 15 is 0 Å². The molecule has 3 heterocycles. The zero-order chi connectivity index (χ0) is 4.69. The molecule has 3 aliphatic rings. The molecule has 3 fully saturated rings. The van der Waals surface area contributed by atoms with Gasteiger partial charge in [0.1, 0.15) is 0 Å². The monoisotopic (exact) mass is 114 g/mol. The summed E-state index contributed by atoms with van der Waals surface area (Å²) in [7, 11) is 0. The first-order valence-electron chi connectivity index (χ1n) is 2.64. The van der Waals surface area contributed by atoms with Crippen molar-refractivity contribution in [2.75, 3.05) is 11.5 Å². The van der Waals surface area contributed by atoms with Gasteiger partial charge >= 0.3 is 0 Å². The Hall–Kier alpha value is 0.310. The summed E-state index contributed by atoms with van der Waals surface area (Å²) in [4.78, 5) is 0. The van der Waals surface area contributed by atoms with E-state index in [0.717, 1.165) is 6.04 Å². The van der Waals surface area contributed by atoms with Crippen molar-refractivity contribution in [3.63, 3.8) is 0 Å². The molecule has 0 saturated carbocycles. The van der Waals surface area contributed by atoms with Crippen molar-refractivity contribution in [2.24, 2.45) is 0 Å². The predicted octanol–water partition coefficient (Wildman–Crippen LogP) is 0.627. The number of hydrogen-bond acceptors (Lipinski definition) is 2. The lowest BCUT2D eigenvalue weighted by Crippen LogP contribution is -2.52. The van der Waals surface area contributed by atoms with Crippen LogP contribution in [0, 0.1) is 6.04 Å². The first-order valence-corrected chi connectivity index (χ1v) is 3.79. The summed E-state index contributed by atoms with van der Waals surface area (Å²) in [6.45, 7) is 0. The molecule has 1 atom stereocenters. The summed E-state index contributed by atoms with van der Waals surface area (Å²) >= 11 is 2.05. The molecule has 0 spiro atoms. The molecule has 1 unspecified atom stereocenters. The van der Waals surface area contributed by atoms with Gasteiger partial charge in [-0.25, -0.2) is 0 Å². The molecule has 1 N–H and O–H groups in total. The second-order valence-electron chi connectivity index (χ2n) is 2.16. The third-order valence-corrected chi connectivity index (χ3v) is 2.69. The Balaban J connectivity index is 1.99. The SMILES string of the molecule is C1SCC2C[C]1N2. The minimum atomic E-state index is 0.855. The average molecular weight is 114 g/mol. The summed E-state index contributed by atoms with van der Waals surface area (Å²) in [5.41, 5.74) is 0. The van der Waals surface area contributed by atoms with Crippen LogP contribution in [0.4, 0.5) is 0 Å². The van der Waals surface area contributed by atoms with Crippen molar-refractivity contribution in [2.45, 2.75) is 12.5 Å². The molecule has 3 saturated heterocycles. The average Bonchev–Trinajstić information content (AvgIpc) is 1.67. The Morgan fingerprint density at radius 2 is 2.57 bits per heavy atom. The van der Waals surface area contributed by atoms with Crippen molar-refractivity contribution in [3.05, 3.63) is 6.04 Å². The van der Waals surface area contributed by atoms with E-state index in [2.05, 4.69) is 17.1 Å². The minimum absolute atomic E-state index is 0.855. The molecule has 3 aliphatic heterocycles. The summed E-state index contributed by atoms with van der Waals surface area (Å²) in [6, 6.07) is 2.43. The standard InChI is InChI=1S/C5H8NS/c1-4-2-7-3-5(1)6-4/h4,6H,1-3H2. The van der Waals surface area contributed by atoms with Crippen LogP contribution in [0.5, 0.6) is 0 Å². The van der Waals surface area contributed by atoms with Crippen LogP contribution in [-0.4, -0.2) is 17.5 Å². The normalized spacial score (nSPS) is 40.3. The quantitative estimate of drug-likeness (QED) is 0.495. The van der Waals surface area contributed by atoms with E-state index in [9.17, 15) is 0 Å². The van der Waals surface area contributed by atoms with Crippen LogP contribution in [-0.2, 0) is 0 Å². The maximum absolute atomic E-state index is 3.38. The zero-order valence-corrected chi connectivity index (χ0v) is 4.92. The Morgan fingerprint density at radius 3 is 2.71 bits per heavy atom. The van der Waals surface area contributed by atoms with Crippen LogP contribution in [0.2, 0.25) is 0 Å². The van der Waals surface area contributed by atoms with E-state index in [1.54, 1.807) is 6.04 Å². The number of rotatable bonds is 0. The molecule has 1 radical (unpaired) electrons. The molecule has 0 aromatic heterocycles. The van der Waals surface area contributed by atoms with Gasteiger partial charge in [0.25, 0.3) is 0 Å². The molecule has 0 amide bonds. The lowest BCUT2D eigenvalue weighted by Gasteiger charge is -2.41. The van der Waals surface area contributed by atoms with Crippen molar-refractivity contribution < 1.29 is 0 Å². The molecule has 39 valence electrons. The van der Waals surface area contributed by atoms with Crippen LogP contribution in [0.1, 0.15) is 6.42 Å². The van der Waals surface area contributed by atoms with E-state index < -0.39 is 0 Å². The van der Waals surface area contributed by atoms with Crippen LogP contribution in [0.25, 0.3) is 0 Å². The molecule has 0 aliphatic carbocycles. The van der Waals surface area contributed by atoms with Gasteiger partial charge in [-0.1, -0.05) is 0 Å². The second kappa shape index (κ2) is 1.39. The van der Waals surface area contributed by atoms with Crippen LogP contribution in [0.3, 0.4) is 0 Å². The Labute approximate surface area is 47.9 Å². The molecule has 7 heavy (non-hydrogen) atoms. The first-order chi connectivity index (χ1) is 3.45. The summed E-state index contributed by atoms with van der Waals surface area (Å²) in [5.74, 6) is 2.61. The summed E-state index contributed by atoms with van der Waals surface area (Å²) < 4.78 is 0. The van der Waals surface area contributed by atoms with Crippen molar-refractivity contribution in [1.29, 1.82) is 0 Å². The molecular formula is C5H8NS. The smallest absolute Gasteiger partial charge is 0.0482 e. The van der Waals surface area contributed by atoms with Crippen molar-refractivity contribution in [1.82, 2.24) is 5.32 Å². The highest BCUT2D eigenvalue weighted by atomic mass is 32.2. The maximum atomic E-state index is 3.38. The van der Waals surface area contributed by atoms with Gasteiger partial charge in [-0.3, -0.25) is 0 Å². The van der Waals surface area contributed by atoms with Gasteiger partial charge in [-0.05, 0) is 6.42 Å². The third-order valence-electron chi connectivity index (χ3n) is 1.50. The molecule has 1 nitrogen and oxygen atoms in total. The van der Waals surface area contributed by atoms with Crippen LogP contribution >= 0.6 is 11.8 Å². The first kappa shape index (κ1) is 4.21. The van der Waals surface area contributed by atoms with Crippen LogP contribution in [0.15, 0.2) is 0 Å². The largest absolute Gasteiger partial charge is 0.305 e. The predicted molar refractivity (Wildman–Crippen MR) is 32.1 cm³/mol. The van der Waals surface area contributed by atoms with Gasteiger partial charge in [-0.2, -0.15) is 11.8 Å². The Bertz CT molecular complexity index is 64.6. The fraction of sp³-hybridized carbons (Fsp3) is 0.800. The van der Waals surface area contributed by atoms with Crippen LogP contribution < -0.4 is 5.32 Å². The van der Waals surface area contributed by atoms with E-state index in [1.165, 1.54) is 17.9 Å². The van der Waals surface area contributed by atoms with Gasteiger partial charge in [0.2, 0.25) is 0 Å². The summed E-state index contributed by atoms with van der Waals surface area (Å²) in [5, 5.41) is 3.38. The van der Waals surface area contributed by atoms with E-state index in [0.29, 0.717) is 0 Å². The Morgan fingerprint density at radius 1 is 1.71 bits per heavy atom. The molecule has 0 aromatic carbocycles. The number of fused-ring (bicyclic) bond motifs is 2. The highest BCUT2D eigenvalue weighted by Crippen LogP contribution is 2.31.